The van der Waals surface area contributed by atoms with Crippen LogP contribution in [-0.2, 0) is 6.42 Å². The minimum absolute atomic E-state index is 0.112. The number of rotatable bonds is 5. The first-order valence-electron chi connectivity index (χ1n) is 9.32. The van der Waals surface area contributed by atoms with Gasteiger partial charge in [-0.15, -0.1) is 0 Å². The number of piperidine rings is 1. The number of hydrogen-bond donors (Lipinski definition) is 1. The first-order chi connectivity index (χ1) is 12.5. The van der Waals surface area contributed by atoms with Gasteiger partial charge in [0, 0.05) is 18.7 Å². The number of nitrogens with zero attached hydrogens (tertiary/aromatic N) is 1. The van der Waals surface area contributed by atoms with Crippen LogP contribution < -0.4 is 0 Å². The lowest BCUT2D eigenvalue weighted by Gasteiger charge is -2.34. The molecule has 1 aliphatic heterocycles. The van der Waals surface area contributed by atoms with E-state index in [1.54, 1.807) is 11.0 Å². The summed E-state index contributed by atoms with van der Waals surface area (Å²) in [6.07, 6.45) is 2.84. The molecule has 1 saturated heterocycles. The summed E-state index contributed by atoms with van der Waals surface area (Å²) in [6.45, 7) is 3.05. The van der Waals surface area contributed by atoms with Gasteiger partial charge in [0.05, 0.1) is 6.10 Å². The van der Waals surface area contributed by atoms with Crippen LogP contribution in [0.2, 0.25) is 0 Å². The molecule has 1 heterocycles. The Morgan fingerprint density at radius 2 is 1.88 bits per heavy atom. The van der Waals surface area contributed by atoms with Crippen LogP contribution in [0.25, 0.3) is 0 Å². The molecule has 3 rings (SSSR count). The zero-order valence-corrected chi connectivity index (χ0v) is 15.2. The Hall–Kier alpha value is -2.20. The van der Waals surface area contributed by atoms with Crippen molar-refractivity contribution in [2.45, 2.75) is 38.7 Å². The van der Waals surface area contributed by atoms with Crippen LogP contribution in [0, 0.1) is 18.7 Å². The normalized spacial score (nSPS) is 16.5. The second-order valence-corrected chi connectivity index (χ2v) is 7.18. The van der Waals surface area contributed by atoms with E-state index in [2.05, 4.69) is 12.1 Å². The number of hydrogen-bond acceptors (Lipinski definition) is 2. The molecule has 0 radical (unpaired) electrons. The fourth-order valence-corrected chi connectivity index (χ4v) is 3.68. The average molecular weight is 355 g/mol. The third-order valence-corrected chi connectivity index (χ3v) is 5.37. The first kappa shape index (κ1) is 18.6. The largest absolute Gasteiger partial charge is 0.393 e. The summed E-state index contributed by atoms with van der Waals surface area (Å²) in [5, 5.41) is 10.5. The SMILES string of the molecule is Cc1ccc(F)cc1C(=O)N1CCC(C(O)CCc2ccccc2)CC1. The third-order valence-electron chi connectivity index (χ3n) is 5.37. The Labute approximate surface area is 154 Å². The van der Waals surface area contributed by atoms with E-state index in [0.717, 1.165) is 31.2 Å². The summed E-state index contributed by atoms with van der Waals surface area (Å²) in [5.41, 5.74) is 2.47. The Bertz CT molecular complexity index is 739. The molecule has 0 saturated carbocycles. The van der Waals surface area contributed by atoms with E-state index in [4.69, 9.17) is 0 Å². The molecule has 1 fully saturated rings. The summed E-state index contributed by atoms with van der Waals surface area (Å²) in [5.74, 6) is -0.277. The standard InChI is InChI=1S/C22H26FNO2/c1-16-7-9-19(23)15-20(16)22(26)24-13-11-18(12-14-24)21(25)10-8-17-5-3-2-4-6-17/h2-7,9,15,18,21,25H,8,10-14H2,1H3. The van der Waals surface area contributed by atoms with E-state index in [-0.39, 0.29) is 23.7 Å². The molecule has 1 atom stereocenters. The molecule has 1 amide bonds. The molecule has 138 valence electrons. The van der Waals surface area contributed by atoms with Gasteiger partial charge in [0.2, 0.25) is 0 Å². The lowest BCUT2D eigenvalue weighted by atomic mass is 9.88. The lowest BCUT2D eigenvalue weighted by molar-refractivity contribution is 0.0436. The van der Waals surface area contributed by atoms with Crippen molar-refractivity contribution in [3.05, 3.63) is 71.0 Å². The van der Waals surface area contributed by atoms with Crippen LogP contribution in [0.1, 0.15) is 40.7 Å². The van der Waals surface area contributed by atoms with E-state index in [0.29, 0.717) is 18.7 Å². The van der Waals surface area contributed by atoms with Crippen LogP contribution in [0.15, 0.2) is 48.5 Å². The molecule has 0 aromatic heterocycles. The van der Waals surface area contributed by atoms with Gasteiger partial charge in [-0.05, 0) is 61.8 Å². The highest BCUT2D eigenvalue weighted by Gasteiger charge is 2.28. The Kier molecular flexibility index (Phi) is 6.04. The van der Waals surface area contributed by atoms with Gasteiger partial charge in [0.1, 0.15) is 5.82 Å². The zero-order valence-electron chi connectivity index (χ0n) is 15.2. The summed E-state index contributed by atoms with van der Waals surface area (Å²) in [4.78, 5) is 14.4. The molecule has 1 aliphatic rings. The van der Waals surface area contributed by atoms with Gasteiger partial charge in [0.25, 0.3) is 5.91 Å². The van der Waals surface area contributed by atoms with Gasteiger partial charge in [-0.2, -0.15) is 0 Å². The lowest BCUT2D eigenvalue weighted by Crippen LogP contribution is -2.41. The summed E-state index contributed by atoms with van der Waals surface area (Å²) < 4.78 is 13.5. The van der Waals surface area contributed by atoms with Crippen molar-refractivity contribution in [1.82, 2.24) is 4.90 Å². The molecule has 2 aromatic carbocycles. The number of aliphatic hydroxyl groups excluding tert-OH is 1. The number of amides is 1. The van der Waals surface area contributed by atoms with E-state index in [9.17, 15) is 14.3 Å². The first-order valence-corrected chi connectivity index (χ1v) is 9.32. The topological polar surface area (TPSA) is 40.5 Å². The average Bonchev–Trinajstić information content (AvgIpc) is 2.68. The number of aryl methyl sites for hydroxylation is 2. The predicted molar refractivity (Wildman–Crippen MR) is 101 cm³/mol. The number of benzene rings is 2. The summed E-state index contributed by atoms with van der Waals surface area (Å²) >= 11 is 0. The van der Waals surface area contributed by atoms with Crippen molar-refractivity contribution in [3.63, 3.8) is 0 Å². The molecule has 1 N–H and O–H groups in total. The molecule has 0 spiro atoms. The van der Waals surface area contributed by atoms with Gasteiger partial charge in [-0.3, -0.25) is 4.79 Å². The highest BCUT2D eigenvalue weighted by Crippen LogP contribution is 2.25. The minimum Gasteiger partial charge on any atom is -0.393 e. The van der Waals surface area contributed by atoms with E-state index < -0.39 is 0 Å². The third kappa shape index (κ3) is 4.50. The molecule has 0 bridgehead atoms. The molecule has 0 aliphatic carbocycles. The van der Waals surface area contributed by atoms with Gasteiger partial charge < -0.3 is 10.0 Å². The second kappa shape index (κ2) is 8.45. The molecular formula is C22H26FNO2. The van der Waals surface area contributed by atoms with Crippen molar-refractivity contribution < 1.29 is 14.3 Å². The van der Waals surface area contributed by atoms with Crippen LogP contribution >= 0.6 is 0 Å². The summed E-state index contributed by atoms with van der Waals surface area (Å²) in [6, 6.07) is 14.5. The Morgan fingerprint density at radius 1 is 1.19 bits per heavy atom. The summed E-state index contributed by atoms with van der Waals surface area (Å²) in [7, 11) is 0. The number of halogens is 1. The highest BCUT2D eigenvalue weighted by atomic mass is 19.1. The smallest absolute Gasteiger partial charge is 0.254 e. The van der Waals surface area contributed by atoms with Crippen LogP contribution in [-0.4, -0.2) is 35.1 Å². The van der Waals surface area contributed by atoms with E-state index >= 15 is 0 Å². The fourth-order valence-electron chi connectivity index (χ4n) is 3.68. The monoisotopic (exact) mass is 355 g/mol. The highest BCUT2D eigenvalue weighted by molar-refractivity contribution is 5.95. The second-order valence-electron chi connectivity index (χ2n) is 7.18. The zero-order chi connectivity index (χ0) is 18.5. The van der Waals surface area contributed by atoms with Gasteiger partial charge >= 0.3 is 0 Å². The van der Waals surface area contributed by atoms with Crippen LogP contribution in [0.4, 0.5) is 4.39 Å². The number of carbonyl (C=O) groups excluding carboxylic acids is 1. The Balaban J connectivity index is 1.52. The minimum atomic E-state index is -0.384. The van der Waals surface area contributed by atoms with Gasteiger partial charge in [0.15, 0.2) is 0 Å². The molecular weight excluding hydrogens is 329 g/mol. The molecule has 3 nitrogen and oxygen atoms in total. The fraction of sp³-hybridized carbons (Fsp3) is 0.409. The Morgan fingerprint density at radius 3 is 2.58 bits per heavy atom. The van der Waals surface area contributed by atoms with Crippen LogP contribution in [0.3, 0.4) is 0 Å². The number of likely N-dealkylation sites (tertiary alicyclic amines) is 1. The van der Waals surface area contributed by atoms with Crippen molar-refractivity contribution >= 4 is 5.91 Å². The molecule has 26 heavy (non-hydrogen) atoms. The van der Waals surface area contributed by atoms with Crippen molar-refractivity contribution in [1.29, 1.82) is 0 Å². The van der Waals surface area contributed by atoms with Crippen molar-refractivity contribution in [2.75, 3.05) is 13.1 Å². The van der Waals surface area contributed by atoms with Gasteiger partial charge in [-0.25, -0.2) is 4.39 Å². The van der Waals surface area contributed by atoms with Gasteiger partial charge in [-0.1, -0.05) is 36.4 Å². The van der Waals surface area contributed by atoms with E-state index in [1.165, 1.54) is 17.7 Å². The number of aliphatic hydroxyl groups is 1. The molecule has 1 unspecified atom stereocenters. The number of carbonyl (C=O) groups is 1. The van der Waals surface area contributed by atoms with Crippen LogP contribution in [0.5, 0.6) is 0 Å². The molecule has 2 aromatic rings. The maximum Gasteiger partial charge on any atom is 0.254 e. The van der Waals surface area contributed by atoms with E-state index in [1.807, 2.05) is 25.1 Å². The van der Waals surface area contributed by atoms with Crippen molar-refractivity contribution in [2.24, 2.45) is 5.92 Å². The maximum atomic E-state index is 13.5. The maximum absolute atomic E-state index is 13.5. The quantitative estimate of drug-likeness (QED) is 0.881. The molecule has 4 heteroatoms. The predicted octanol–water partition coefficient (Wildman–Crippen LogP) is 3.98. The van der Waals surface area contributed by atoms with Crippen molar-refractivity contribution in [3.8, 4) is 0 Å².